The Morgan fingerprint density at radius 2 is 1.64 bits per heavy atom. The molecule has 12 heteroatoms. The van der Waals surface area contributed by atoms with Crippen molar-refractivity contribution in [2.24, 2.45) is 0 Å². The fourth-order valence-electron chi connectivity index (χ4n) is 3.43. The van der Waals surface area contributed by atoms with E-state index in [1.807, 2.05) is 0 Å². The second-order valence-corrected chi connectivity index (χ2v) is 11.1. The molecule has 0 fully saturated rings. The number of sulfonamides is 1. The van der Waals surface area contributed by atoms with E-state index >= 15 is 0 Å². The monoisotopic (exact) mass is 559 g/mol. The Balaban J connectivity index is 2.52. The SMILES string of the molecule is COc1ccc(N(CC(=O)N(Cc2c(Cl)cccc2Cl)C(C)C(=O)NC(C)C)S(C)(=O)=O)c(OC)c1. The number of halogens is 2. The van der Waals surface area contributed by atoms with Crippen LogP contribution >= 0.6 is 23.2 Å². The zero-order valence-electron chi connectivity index (χ0n) is 21.0. The molecule has 0 saturated heterocycles. The van der Waals surface area contributed by atoms with Crippen LogP contribution in [-0.4, -0.2) is 64.2 Å². The van der Waals surface area contributed by atoms with Crippen LogP contribution in [0.5, 0.6) is 11.5 Å². The smallest absolute Gasteiger partial charge is 0.244 e. The number of nitrogens with one attached hydrogen (secondary N) is 1. The van der Waals surface area contributed by atoms with E-state index in [2.05, 4.69) is 5.32 Å². The van der Waals surface area contributed by atoms with E-state index in [4.69, 9.17) is 32.7 Å². The van der Waals surface area contributed by atoms with E-state index in [0.29, 0.717) is 21.4 Å². The van der Waals surface area contributed by atoms with Gasteiger partial charge in [0.05, 0.1) is 26.2 Å². The van der Waals surface area contributed by atoms with E-state index < -0.39 is 34.4 Å². The van der Waals surface area contributed by atoms with Gasteiger partial charge in [-0.15, -0.1) is 0 Å². The van der Waals surface area contributed by atoms with Crippen LogP contribution in [0.3, 0.4) is 0 Å². The fraction of sp³-hybridized carbons (Fsp3) is 0.417. The molecule has 2 amide bonds. The van der Waals surface area contributed by atoms with Crippen molar-refractivity contribution < 1.29 is 27.5 Å². The number of nitrogens with zero attached hydrogens (tertiary/aromatic N) is 2. The normalized spacial score (nSPS) is 12.1. The quantitative estimate of drug-likeness (QED) is 0.449. The van der Waals surface area contributed by atoms with Gasteiger partial charge in [-0.3, -0.25) is 13.9 Å². The number of benzene rings is 2. The number of methoxy groups -OCH3 is 2. The van der Waals surface area contributed by atoms with Gasteiger partial charge in [0, 0.05) is 34.3 Å². The highest BCUT2D eigenvalue weighted by molar-refractivity contribution is 7.92. The number of carbonyl (C=O) groups is 2. The summed E-state index contributed by atoms with van der Waals surface area (Å²) in [6, 6.07) is 8.33. The third kappa shape index (κ3) is 7.41. The van der Waals surface area contributed by atoms with Gasteiger partial charge in [-0.25, -0.2) is 8.42 Å². The molecule has 0 spiro atoms. The van der Waals surface area contributed by atoms with E-state index in [0.717, 1.165) is 10.6 Å². The Morgan fingerprint density at radius 3 is 2.14 bits per heavy atom. The first-order valence-corrected chi connectivity index (χ1v) is 13.6. The van der Waals surface area contributed by atoms with Gasteiger partial charge >= 0.3 is 0 Å². The van der Waals surface area contributed by atoms with Gasteiger partial charge in [0.15, 0.2) is 0 Å². The first kappa shape index (κ1) is 29.5. The average molecular weight is 561 g/mol. The first-order valence-electron chi connectivity index (χ1n) is 11.0. The van der Waals surface area contributed by atoms with Crippen LogP contribution in [0.2, 0.25) is 10.0 Å². The van der Waals surface area contributed by atoms with Crippen LogP contribution in [0.15, 0.2) is 36.4 Å². The largest absolute Gasteiger partial charge is 0.497 e. The minimum absolute atomic E-state index is 0.110. The predicted molar refractivity (Wildman–Crippen MR) is 141 cm³/mol. The van der Waals surface area contributed by atoms with Crippen molar-refractivity contribution in [2.75, 3.05) is 31.3 Å². The Kier molecular flexibility index (Phi) is 10.3. The van der Waals surface area contributed by atoms with Gasteiger partial charge in [-0.2, -0.15) is 0 Å². The maximum absolute atomic E-state index is 13.6. The molecule has 9 nitrogen and oxygen atoms in total. The summed E-state index contributed by atoms with van der Waals surface area (Å²) in [4.78, 5) is 27.7. The van der Waals surface area contributed by atoms with E-state index in [1.165, 1.54) is 31.3 Å². The summed E-state index contributed by atoms with van der Waals surface area (Å²) in [6.07, 6.45) is 0.980. The molecule has 0 aliphatic heterocycles. The summed E-state index contributed by atoms with van der Waals surface area (Å²) in [5.41, 5.74) is 0.579. The Labute approximate surface area is 222 Å². The van der Waals surface area contributed by atoms with Gasteiger partial charge in [0.25, 0.3) is 0 Å². The van der Waals surface area contributed by atoms with E-state index in [1.54, 1.807) is 45.0 Å². The lowest BCUT2D eigenvalue weighted by Crippen LogP contribution is -2.52. The van der Waals surface area contributed by atoms with Crippen LogP contribution in [-0.2, 0) is 26.2 Å². The molecule has 1 atom stereocenters. The second kappa shape index (κ2) is 12.5. The highest BCUT2D eigenvalue weighted by atomic mass is 35.5. The van der Waals surface area contributed by atoms with Crippen molar-refractivity contribution in [2.45, 2.75) is 39.4 Å². The zero-order chi connectivity index (χ0) is 27.2. The van der Waals surface area contributed by atoms with Crippen LogP contribution < -0.4 is 19.1 Å². The van der Waals surface area contributed by atoms with Crippen molar-refractivity contribution in [3.63, 3.8) is 0 Å². The number of amides is 2. The Bertz CT molecular complexity index is 1190. The molecule has 0 radical (unpaired) electrons. The lowest BCUT2D eigenvalue weighted by atomic mass is 10.1. The van der Waals surface area contributed by atoms with Crippen molar-refractivity contribution >= 4 is 50.7 Å². The van der Waals surface area contributed by atoms with Crippen molar-refractivity contribution in [1.29, 1.82) is 0 Å². The molecule has 1 unspecified atom stereocenters. The summed E-state index contributed by atoms with van der Waals surface area (Å²) >= 11 is 12.7. The lowest BCUT2D eigenvalue weighted by Gasteiger charge is -2.32. The van der Waals surface area contributed by atoms with E-state index in [9.17, 15) is 18.0 Å². The summed E-state index contributed by atoms with van der Waals surface area (Å²) in [5, 5.41) is 3.40. The molecule has 0 aliphatic carbocycles. The number of anilines is 1. The third-order valence-electron chi connectivity index (χ3n) is 5.32. The van der Waals surface area contributed by atoms with Gasteiger partial charge < -0.3 is 19.7 Å². The van der Waals surface area contributed by atoms with Crippen LogP contribution in [0.1, 0.15) is 26.3 Å². The maximum atomic E-state index is 13.6. The van der Waals surface area contributed by atoms with Crippen LogP contribution in [0.4, 0.5) is 5.69 Å². The van der Waals surface area contributed by atoms with Crippen LogP contribution in [0, 0.1) is 0 Å². The molecule has 198 valence electrons. The minimum Gasteiger partial charge on any atom is -0.497 e. The molecule has 1 N–H and O–H groups in total. The molecule has 0 bridgehead atoms. The summed E-state index contributed by atoms with van der Waals surface area (Å²) < 4.78 is 37.0. The number of ether oxygens (including phenoxy) is 2. The molecule has 2 aromatic rings. The van der Waals surface area contributed by atoms with Gasteiger partial charge in [0.2, 0.25) is 21.8 Å². The molecule has 0 aromatic heterocycles. The minimum atomic E-state index is -3.94. The molecule has 2 rings (SSSR count). The van der Waals surface area contributed by atoms with Gasteiger partial charge in [-0.1, -0.05) is 29.3 Å². The molecule has 0 saturated carbocycles. The molecule has 0 heterocycles. The number of hydrogen-bond acceptors (Lipinski definition) is 6. The highest BCUT2D eigenvalue weighted by Crippen LogP contribution is 2.34. The molecule has 2 aromatic carbocycles. The number of carbonyl (C=O) groups excluding carboxylic acids is 2. The zero-order valence-corrected chi connectivity index (χ0v) is 23.4. The molecular formula is C24H31Cl2N3O6S. The van der Waals surface area contributed by atoms with Crippen LogP contribution in [0.25, 0.3) is 0 Å². The van der Waals surface area contributed by atoms with Crippen molar-refractivity contribution in [3.05, 3.63) is 52.0 Å². The molecule has 0 aliphatic rings. The van der Waals surface area contributed by atoms with Crippen molar-refractivity contribution in [3.8, 4) is 11.5 Å². The third-order valence-corrected chi connectivity index (χ3v) is 7.16. The summed E-state index contributed by atoms with van der Waals surface area (Å²) in [5.74, 6) is -0.404. The highest BCUT2D eigenvalue weighted by Gasteiger charge is 2.32. The molecular weight excluding hydrogens is 529 g/mol. The summed E-state index contributed by atoms with van der Waals surface area (Å²) in [6.45, 7) is 4.44. The van der Waals surface area contributed by atoms with Crippen molar-refractivity contribution in [1.82, 2.24) is 10.2 Å². The maximum Gasteiger partial charge on any atom is 0.244 e. The standard InChI is InChI=1S/C24H31Cl2N3O6S/c1-15(2)27-24(31)16(3)28(13-18-19(25)8-7-9-20(18)26)23(30)14-29(36(6,32)33)21-11-10-17(34-4)12-22(21)35-5/h7-12,15-16H,13-14H2,1-6H3,(H,27,31). The predicted octanol–water partition coefficient (Wildman–Crippen LogP) is 3.72. The fourth-order valence-corrected chi connectivity index (χ4v) is 4.80. The lowest BCUT2D eigenvalue weighted by molar-refractivity contribution is -0.139. The number of hydrogen-bond donors (Lipinski definition) is 1. The Hall–Kier alpha value is -2.69. The Morgan fingerprint density at radius 1 is 1.03 bits per heavy atom. The number of rotatable bonds is 11. The van der Waals surface area contributed by atoms with Gasteiger partial charge in [0.1, 0.15) is 24.1 Å². The second-order valence-electron chi connectivity index (χ2n) is 8.37. The van der Waals surface area contributed by atoms with E-state index in [-0.39, 0.29) is 24.0 Å². The average Bonchev–Trinajstić information content (AvgIpc) is 2.80. The molecule has 36 heavy (non-hydrogen) atoms. The topological polar surface area (TPSA) is 105 Å². The van der Waals surface area contributed by atoms with Gasteiger partial charge in [-0.05, 0) is 45.0 Å². The first-order chi connectivity index (χ1) is 16.8. The summed E-state index contributed by atoms with van der Waals surface area (Å²) in [7, 11) is -1.10.